The average molecular weight is 324 g/mol. The summed E-state index contributed by atoms with van der Waals surface area (Å²) in [5.74, 6) is -1.20. The van der Waals surface area contributed by atoms with E-state index in [1.807, 2.05) is 0 Å². The first-order valence-corrected chi connectivity index (χ1v) is 5.25. The van der Waals surface area contributed by atoms with Crippen LogP contribution in [0.5, 0.6) is 0 Å². The second-order valence-corrected chi connectivity index (χ2v) is 3.63. The summed E-state index contributed by atoms with van der Waals surface area (Å²) in [6.07, 6.45) is 1.71. The second-order valence-electron chi connectivity index (χ2n) is 3.11. The SMILES string of the molecule is C=CCNC(S)Nc1cccc(C(=O)[O-])c1.[Cu+].[Na+]. The standard InChI is InChI=1S/C11H14N2O2S.Cu.Na/c1-2-6-12-11(16)13-9-5-3-4-8(7-9)10(14)15;;/h2-5,7,11-13,16H,1,6H2,(H,14,15);;/q;2*+1/p-1. The molecule has 7 heteroatoms. The van der Waals surface area contributed by atoms with Crippen LogP contribution in [0.2, 0.25) is 0 Å². The molecule has 0 saturated carbocycles. The number of rotatable bonds is 6. The van der Waals surface area contributed by atoms with Crippen molar-refractivity contribution in [1.82, 2.24) is 5.32 Å². The van der Waals surface area contributed by atoms with E-state index in [1.54, 1.807) is 18.2 Å². The van der Waals surface area contributed by atoms with Gasteiger partial charge in [-0.15, -0.1) is 19.2 Å². The molecule has 1 aromatic carbocycles. The molecule has 1 unspecified atom stereocenters. The Labute approximate surface area is 145 Å². The van der Waals surface area contributed by atoms with E-state index in [2.05, 4.69) is 29.8 Å². The molecule has 0 aromatic heterocycles. The number of benzene rings is 1. The molecule has 1 aromatic rings. The molecule has 4 nitrogen and oxygen atoms in total. The van der Waals surface area contributed by atoms with E-state index in [-0.39, 0.29) is 57.7 Å². The molecule has 1 atom stereocenters. The fourth-order valence-corrected chi connectivity index (χ4v) is 1.39. The summed E-state index contributed by atoms with van der Waals surface area (Å²) in [4.78, 5) is 10.6. The molecule has 96 valence electrons. The van der Waals surface area contributed by atoms with Crippen LogP contribution in [0, 0.1) is 0 Å². The van der Waals surface area contributed by atoms with Crippen molar-refractivity contribution < 1.29 is 56.5 Å². The quantitative estimate of drug-likeness (QED) is 0.233. The van der Waals surface area contributed by atoms with Crippen LogP contribution in [0.15, 0.2) is 36.9 Å². The van der Waals surface area contributed by atoms with Crippen molar-refractivity contribution in [2.75, 3.05) is 11.9 Å². The van der Waals surface area contributed by atoms with E-state index in [0.29, 0.717) is 12.2 Å². The number of carbonyl (C=O) groups excluding carboxylic acids is 1. The Morgan fingerprint density at radius 2 is 2.22 bits per heavy atom. The van der Waals surface area contributed by atoms with Crippen molar-refractivity contribution in [3.8, 4) is 0 Å². The zero-order valence-corrected chi connectivity index (χ0v) is 13.8. The number of carboxylic acid groups (broad SMARTS) is 1. The van der Waals surface area contributed by atoms with E-state index in [1.165, 1.54) is 12.1 Å². The number of carboxylic acids is 1. The van der Waals surface area contributed by atoms with Gasteiger partial charge in [-0.25, -0.2) is 0 Å². The van der Waals surface area contributed by atoms with Gasteiger partial charge in [-0.1, -0.05) is 18.2 Å². The third kappa shape index (κ3) is 7.48. The summed E-state index contributed by atoms with van der Waals surface area (Å²) in [6, 6.07) is 6.37. The number of carbonyl (C=O) groups is 1. The number of nitrogens with one attached hydrogen (secondary N) is 2. The maximum atomic E-state index is 10.6. The van der Waals surface area contributed by atoms with Gasteiger partial charge in [-0.05, 0) is 17.7 Å². The van der Waals surface area contributed by atoms with Crippen LogP contribution in [0.25, 0.3) is 0 Å². The summed E-state index contributed by atoms with van der Waals surface area (Å²) < 4.78 is 0. The van der Waals surface area contributed by atoms with Crippen LogP contribution < -0.4 is 45.3 Å². The van der Waals surface area contributed by atoms with Gasteiger partial charge in [-0.2, -0.15) is 0 Å². The van der Waals surface area contributed by atoms with Crippen molar-refractivity contribution in [2.45, 2.75) is 5.50 Å². The largest absolute Gasteiger partial charge is 1.00 e. The van der Waals surface area contributed by atoms with E-state index >= 15 is 0 Å². The molecule has 0 saturated heterocycles. The van der Waals surface area contributed by atoms with E-state index < -0.39 is 5.97 Å². The number of hydrogen-bond donors (Lipinski definition) is 3. The Balaban J connectivity index is 0. The first-order chi connectivity index (χ1) is 7.63. The first kappa shape index (κ1) is 20.4. The topological polar surface area (TPSA) is 64.2 Å². The third-order valence-electron chi connectivity index (χ3n) is 1.86. The van der Waals surface area contributed by atoms with Crippen LogP contribution in [-0.4, -0.2) is 18.0 Å². The number of aromatic carboxylic acids is 1. The van der Waals surface area contributed by atoms with Crippen LogP contribution in [0.3, 0.4) is 0 Å². The maximum Gasteiger partial charge on any atom is 1.00 e. The monoisotopic (exact) mass is 323 g/mol. The molecule has 0 aliphatic rings. The summed E-state index contributed by atoms with van der Waals surface area (Å²) in [6.45, 7) is 4.18. The van der Waals surface area contributed by atoms with E-state index in [4.69, 9.17) is 0 Å². The van der Waals surface area contributed by atoms with Crippen LogP contribution in [0.1, 0.15) is 10.4 Å². The molecule has 0 radical (unpaired) electrons. The third-order valence-corrected chi connectivity index (χ3v) is 2.17. The minimum Gasteiger partial charge on any atom is -0.545 e. The van der Waals surface area contributed by atoms with Gasteiger partial charge >= 0.3 is 46.6 Å². The maximum absolute atomic E-state index is 10.6. The predicted octanol–water partition coefficient (Wildman–Crippen LogP) is -2.55. The van der Waals surface area contributed by atoms with Gasteiger partial charge in [-0.3, -0.25) is 5.32 Å². The molecule has 1 rings (SSSR count). The van der Waals surface area contributed by atoms with Gasteiger partial charge in [0.15, 0.2) is 0 Å². The molecule has 18 heavy (non-hydrogen) atoms. The Kier molecular flexibility index (Phi) is 12.4. The first-order valence-electron chi connectivity index (χ1n) is 4.74. The van der Waals surface area contributed by atoms with Gasteiger partial charge in [0.1, 0.15) is 5.50 Å². The minimum atomic E-state index is -1.20. The molecular weight excluding hydrogens is 311 g/mol. The normalized spacial score (nSPS) is 10.5. The molecule has 0 bridgehead atoms. The van der Waals surface area contributed by atoms with Gasteiger partial charge in [0.25, 0.3) is 0 Å². The smallest absolute Gasteiger partial charge is 0.545 e. The average Bonchev–Trinajstić information content (AvgIpc) is 2.26. The summed E-state index contributed by atoms with van der Waals surface area (Å²) >= 11 is 4.23. The fourth-order valence-electron chi connectivity index (χ4n) is 1.14. The number of thiol groups is 1. The summed E-state index contributed by atoms with van der Waals surface area (Å²) in [7, 11) is 0. The Bertz CT molecular complexity index is 393. The Morgan fingerprint density at radius 3 is 2.78 bits per heavy atom. The zero-order valence-electron chi connectivity index (χ0n) is 9.94. The molecule has 0 spiro atoms. The summed E-state index contributed by atoms with van der Waals surface area (Å²) in [5.41, 5.74) is 0.530. The van der Waals surface area contributed by atoms with Crippen molar-refractivity contribution in [2.24, 2.45) is 0 Å². The number of anilines is 1. The van der Waals surface area contributed by atoms with Gasteiger partial charge in [0, 0.05) is 12.2 Å². The Hall–Kier alpha value is 0.0595. The fraction of sp³-hybridized carbons (Fsp3) is 0.182. The molecule has 0 aliphatic heterocycles. The van der Waals surface area contributed by atoms with Crippen molar-refractivity contribution in [1.29, 1.82) is 0 Å². The van der Waals surface area contributed by atoms with Crippen LogP contribution in [-0.2, 0) is 17.1 Å². The van der Waals surface area contributed by atoms with E-state index in [0.717, 1.165) is 0 Å². The molecule has 0 fully saturated rings. The molecule has 0 heterocycles. The molecule has 0 aliphatic carbocycles. The second kappa shape index (κ2) is 10.9. The zero-order chi connectivity index (χ0) is 12.0. The van der Waals surface area contributed by atoms with Gasteiger partial charge in [0.2, 0.25) is 0 Å². The van der Waals surface area contributed by atoms with Crippen LogP contribution >= 0.6 is 12.6 Å². The molecular formula is C11H13CuN2NaO2S+. The van der Waals surface area contributed by atoms with E-state index in [9.17, 15) is 9.90 Å². The Morgan fingerprint density at radius 1 is 1.56 bits per heavy atom. The van der Waals surface area contributed by atoms with Gasteiger partial charge < -0.3 is 15.2 Å². The number of hydrogen-bond acceptors (Lipinski definition) is 5. The van der Waals surface area contributed by atoms with Gasteiger partial charge in [0.05, 0.1) is 5.97 Å². The van der Waals surface area contributed by atoms with Crippen LogP contribution in [0.4, 0.5) is 5.69 Å². The van der Waals surface area contributed by atoms with Crippen molar-refractivity contribution >= 4 is 24.3 Å². The molecule has 2 N–H and O–H groups in total. The van der Waals surface area contributed by atoms with Crippen molar-refractivity contribution in [3.05, 3.63) is 42.5 Å². The summed E-state index contributed by atoms with van der Waals surface area (Å²) in [5, 5.41) is 16.6. The predicted molar refractivity (Wildman–Crippen MR) is 65.4 cm³/mol. The minimum absolute atomic E-state index is 0. The molecule has 0 amide bonds. The van der Waals surface area contributed by atoms with Crippen molar-refractivity contribution in [3.63, 3.8) is 0 Å².